The average Bonchev–Trinajstić information content (AvgIpc) is 2.65. The molecule has 0 aromatic heterocycles. The first-order valence-electron chi connectivity index (χ1n) is 10.2. The molecule has 0 saturated carbocycles. The predicted octanol–water partition coefficient (Wildman–Crippen LogP) is 6.02. The summed E-state index contributed by atoms with van der Waals surface area (Å²) in [6.45, 7) is 12.4. The van der Waals surface area contributed by atoms with Crippen LogP contribution in [0.2, 0.25) is 0 Å². The summed E-state index contributed by atoms with van der Waals surface area (Å²) in [5, 5.41) is 4.21. The Labute approximate surface area is 182 Å². The van der Waals surface area contributed by atoms with E-state index in [2.05, 4.69) is 78.1 Å². The minimum absolute atomic E-state index is 0.155. The number of nitrogens with one attached hydrogen (secondary N) is 1. The van der Waals surface area contributed by atoms with E-state index in [9.17, 15) is 4.79 Å². The van der Waals surface area contributed by atoms with Gasteiger partial charge in [-0.25, -0.2) is 5.43 Å². The molecule has 2 aromatic rings. The van der Waals surface area contributed by atoms with Crippen molar-refractivity contribution in [3.8, 4) is 0 Å². The number of hydrogen-bond acceptors (Lipinski definition) is 3. The number of anilines is 1. The molecule has 0 fully saturated rings. The van der Waals surface area contributed by atoms with Gasteiger partial charge in [-0.1, -0.05) is 35.8 Å². The number of rotatable bonds is 5. The first-order valence-corrected chi connectivity index (χ1v) is 11.0. The monoisotopic (exact) mass is 455 g/mol. The maximum atomic E-state index is 12.3. The third-order valence-electron chi connectivity index (χ3n) is 5.68. The minimum atomic E-state index is -0.220. The van der Waals surface area contributed by atoms with Crippen LogP contribution >= 0.6 is 15.9 Å². The summed E-state index contributed by atoms with van der Waals surface area (Å²) in [6, 6.07) is 11.8. The molecule has 0 saturated heterocycles. The van der Waals surface area contributed by atoms with Crippen LogP contribution in [0.5, 0.6) is 0 Å². The van der Waals surface area contributed by atoms with Gasteiger partial charge in [0.15, 0.2) is 0 Å². The maximum absolute atomic E-state index is 12.3. The van der Waals surface area contributed by atoms with Gasteiger partial charge in [-0.05, 0) is 86.6 Å². The lowest BCUT2D eigenvalue weighted by molar-refractivity contribution is 0.0955. The maximum Gasteiger partial charge on any atom is 0.271 e. The zero-order valence-electron chi connectivity index (χ0n) is 17.9. The van der Waals surface area contributed by atoms with E-state index in [0.717, 1.165) is 35.0 Å². The number of hydrazone groups is 1. The Morgan fingerprint density at radius 2 is 2.10 bits per heavy atom. The smallest absolute Gasteiger partial charge is 0.271 e. The van der Waals surface area contributed by atoms with Gasteiger partial charge in [0, 0.05) is 27.8 Å². The van der Waals surface area contributed by atoms with E-state index in [-0.39, 0.29) is 11.4 Å². The number of nitrogens with zero attached hydrogens (tertiary/aromatic N) is 2. The highest BCUT2D eigenvalue weighted by Crippen LogP contribution is 2.44. The zero-order chi connectivity index (χ0) is 21.2. The molecule has 1 atom stereocenters. The minimum Gasteiger partial charge on any atom is -0.366 e. The second-order valence-electron chi connectivity index (χ2n) is 8.55. The molecule has 0 radical (unpaired) electrons. The Balaban J connectivity index is 1.84. The predicted molar refractivity (Wildman–Crippen MR) is 125 cm³/mol. The quantitative estimate of drug-likeness (QED) is 0.442. The summed E-state index contributed by atoms with van der Waals surface area (Å²) >= 11 is 3.39. The molecule has 29 heavy (non-hydrogen) atoms. The largest absolute Gasteiger partial charge is 0.366 e. The lowest BCUT2D eigenvalue weighted by atomic mass is 9.79. The molecule has 1 aliphatic rings. The van der Waals surface area contributed by atoms with Crippen molar-refractivity contribution in [1.82, 2.24) is 5.43 Å². The van der Waals surface area contributed by atoms with E-state index in [1.807, 2.05) is 12.1 Å². The van der Waals surface area contributed by atoms with Crippen molar-refractivity contribution in [3.05, 3.63) is 63.1 Å². The number of aryl methyl sites for hydroxylation is 1. The van der Waals surface area contributed by atoms with Gasteiger partial charge in [0.25, 0.3) is 5.91 Å². The van der Waals surface area contributed by atoms with Crippen molar-refractivity contribution in [1.29, 1.82) is 0 Å². The molecule has 1 unspecified atom stereocenters. The number of benzene rings is 2. The molecule has 3 rings (SSSR count). The van der Waals surface area contributed by atoms with Crippen LogP contribution in [-0.2, 0) is 0 Å². The Hall–Kier alpha value is -2.14. The van der Waals surface area contributed by atoms with Gasteiger partial charge < -0.3 is 4.90 Å². The van der Waals surface area contributed by atoms with E-state index in [1.54, 1.807) is 18.3 Å². The van der Waals surface area contributed by atoms with E-state index in [0.29, 0.717) is 11.5 Å². The lowest BCUT2D eigenvalue weighted by Gasteiger charge is -2.48. The summed E-state index contributed by atoms with van der Waals surface area (Å²) in [4.78, 5) is 14.8. The lowest BCUT2D eigenvalue weighted by Crippen LogP contribution is -2.48. The SMILES string of the molecule is CCCN1c2cc(C)c(/C=N\NC(=O)c3cccc(Br)c3)cc2C(C)CC1(C)C. The molecule has 0 spiro atoms. The van der Waals surface area contributed by atoms with Crippen LogP contribution in [-0.4, -0.2) is 24.2 Å². The van der Waals surface area contributed by atoms with Gasteiger partial charge in [-0.2, -0.15) is 5.10 Å². The Morgan fingerprint density at radius 1 is 1.34 bits per heavy atom. The van der Waals surface area contributed by atoms with Gasteiger partial charge in [0.05, 0.1) is 6.21 Å². The van der Waals surface area contributed by atoms with Crippen LogP contribution in [0.1, 0.15) is 73.5 Å². The highest BCUT2D eigenvalue weighted by Gasteiger charge is 2.36. The van der Waals surface area contributed by atoms with E-state index in [4.69, 9.17) is 0 Å². The highest BCUT2D eigenvalue weighted by molar-refractivity contribution is 9.10. The fourth-order valence-electron chi connectivity index (χ4n) is 4.29. The molecule has 5 heteroatoms. The van der Waals surface area contributed by atoms with Crippen LogP contribution in [0.25, 0.3) is 0 Å². The summed E-state index contributed by atoms with van der Waals surface area (Å²) < 4.78 is 0.869. The normalized spacial score (nSPS) is 18.0. The Kier molecular flexibility index (Phi) is 6.47. The Morgan fingerprint density at radius 3 is 2.79 bits per heavy atom. The van der Waals surface area contributed by atoms with Gasteiger partial charge in [0.1, 0.15) is 0 Å². The van der Waals surface area contributed by atoms with Crippen molar-refractivity contribution in [3.63, 3.8) is 0 Å². The molecule has 1 amide bonds. The molecule has 1 N–H and O–H groups in total. The van der Waals surface area contributed by atoms with Crippen LogP contribution in [0.4, 0.5) is 5.69 Å². The first kappa shape index (κ1) is 21.6. The summed E-state index contributed by atoms with van der Waals surface area (Å²) in [7, 11) is 0. The third-order valence-corrected chi connectivity index (χ3v) is 6.17. The molecule has 154 valence electrons. The van der Waals surface area contributed by atoms with Crippen molar-refractivity contribution in [2.75, 3.05) is 11.4 Å². The number of halogens is 1. The second-order valence-corrected chi connectivity index (χ2v) is 9.46. The van der Waals surface area contributed by atoms with Gasteiger partial charge >= 0.3 is 0 Å². The van der Waals surface area contributed by atoms with E-state index >= 15 is 0 Å². The van der Waals surface area contributed by atoms with Gasteiger partial charge in [-0.3, -0.25) is 4.79 Å². The molecular weight excluding hydrogens is 426 g/mol. The molecule has 4 nitrogen and oxygen atoms in total. The standard InChI is InChI=1S/C24H30BrN3O/c1-6-10-28-22-11-16(2)19(13-21(22)17(3)14-24(28,4)5)15-26-27-23(29)18-8-7-9-20(25)12-18/h7-9,11-13,15,17H,6,10,14H2,1-5H3,(H,27,29)/b26-15-. The fraction of sp³-hybridized carbons (Fsp3) is 0.417. The zero-order valence-corrected chi connectivity index (χ0v) is 19.5. The first-order chi connectivity index (χ1) is 13.7. The molecule has 1 heterocycles. The topological polar surface area (TPSA) is 44.7 Å². The third kappa shape index (κ3) is 4.72. The highest BCUT2D eigenvalue weighted by atomic mass is 79.9. The number of carbonyl (C=O) groups is 1. The number of hydrogen-bond donors (Lipinski definition) is 1. The summed E-state index contributed by atoms with van der Waals surface area (Å²) in [5.74, 6) is 0.263. The van der Waals surface area contributed by atoms with Crippen molar-refractivity contribution >= 4 is 33.7 Å². The Bertz CT molecular complexity index is 936. The van der Waals surface area contributed by atoms with Crippen molar-refractivity contribution < 1.29 is 4.79 Å². The summed E-state index contributed by atoms with van der Waals surface area (Å²) in [5.41, 5.74) is 8.27. The van der Waals surface area contributed by atoms with Crippen LogP contribution in [0.3, 0.4) is 0 Å². The number of carbonyl (C=O) groups excluding carboxylic acids is 1. The van der Waals surface area contributed by atoms with Gasteiger partial charge in [0.2, 0.25) is 0 Å². The molecule has 1 aliphatic heterocycles. The van der Waals surface area contributed by atoms with Crippen molar-refractivity contribution in [2.45, 2.75) is 58.9 Å². The van der Waals surface area contributed by atoms with E-state index in [1.165, 1.54) is 11.3 Å². The molecule has 2 aromatic carbocycles. The van der Waals surface area contributed by atoms with Crippen LogP contribution in [0.15, 0.2) is 46.0 Å². The average molecular weight is 456 g/mol. The van der Waals surface area contributed by atoms with Crippen LogP contribution < -0.4 is 10.3 Å². The molecule has 0 aliphatic carbocycles. The summed E-state index contributed by atoms with van der Waals surface area (Å²) in [6.07, 6.45) is 4.00. The fourth-order valence-corrected chi connectivity index (χ4v) is 4.69. The number of amides is 1. The molecule has 0 bridgehead atoms. The van der Waals surface area contributed by atoms with Gasteiger partial charge in [-0.15, -0.1) is 0 Å². The van der Waals surface area contributed by atoms with Crippen molar-refractivity contribution in [2.24, 2.45) is 5.10 Å². The molecular formula is C24H30BrN3O. The second kappa shape index (κ2) is 8.70. The van der Waals surface area contributed by atoms with E-state index < -0.39 is 0 Å². The number of fused-ring (bicyclic) bond motifs is 1. The van der Waals surface area contributed by atoms with Crippen LogP contribution in [0, 0.1) is 6.92 Å².